The van der Waals surface area contributed by atoms with Gasteiger partial charge in [-0.3, -0.25) is 0 Å². The molecule has 2 atom stereocenters. The van der Waals surface area contributed by atoms with Crippen LogP contribution in [-0.2, 0) is 11.2 Å². The van der Waals surface area contributed by atoms with E-state index < -0.39 is 5.67 Å². The van der Waals surface area contributed by atoms with Crippen LogP contribution in [0.15, 0.2) is 18.2 Å². The minimum Gasteiger partial charge on any atom is -0.379 e. The number of rotatable bonds is 4. The molecule has 1 aromatic carbocycles. The van der Waals surface area contributed by atoms with Crippen LogP contribution in [0.5, 0.6) is 0 Å². The molecule has 2 unspecified atom stereocenters. The predicted molar refractivity (Wildman–Crippen MR) is 76.9 cm³/mol. The Hall–Kier alpha value is -0.350. The molecule has 0 aliphatic carbocycles. The second kappa shape index (κ2) is 6.40. The van der Waals surface area contributed by atoms with Gasteiger partial charge in [-0.1, -0.05) is 35.3 Å². The maximum atomic E-state index is 14.7. The van der Waals surface area contributed by atoms with Crippen LogP contribution in [0.25, 0.3) is 0 Å². The normalized spacial score (nSPS) is 23.1. The number of alkyl halides is 1. The molecule has 0 radical (unpaired) electrons. The molecule has 0 aromatic heterocycles. The second-order valence-electron chi connectivity index (χ2n) is 5.23. The van der Waals surface area contributed by atoms with Crippen LogP contribution in [0.1, 0.15) is 18.9 Å². The molecular weight excluding hydrogens is 288 g/mol. The molecule has 0 bridgehead atoms. The van der Waals surface area contributed by atoms with E-state index in [4.69, 9.17) is 27.9 Å². The van der Waals surface area contributed by atoms with Gasteiger partial charge < -0.3 is 10.1 Å². The van der Waals surface area contributed by atoms with Gasteiger partial charge in [-0.15, -0.1) is 0 Å². The Balaban J connectivity index is 2.01. The highest BCUT2D eigenvalue weighted by atomic mass is 35.5. The number of ether oxygens (including phenoxy) is 1. The average molecular weight is 306 g/mol. The molecular formula is C14H18Cl2FNO. The second-order valence-corrected chi connectivity index (χ2v) is 6.02. The molecule has 106 valence electrons. The van der Waals surface area contributed by atoms with Crippen molar-refractivity contribution in [1.29, 1.82) is 0 Å². The predicted octanol–water partition coefficient (Wildman–Crippen LogP) is 3.64. The van der Waals surface area contributed by atoms with E-state index in [1.807, 2.05) is 6.07 Å². The van der Waals surface area contributed by atoms with Crippen LogP contribution in [0.2, 0.25) is 10.0 Å². The van der Waals surface area contributed by atoms with Gasteiger partial charge in [0, 0.05) is 19.0 Å². The highest BCUT2D eigenvalue weighted by Gasteiger charge is 2.30. The minimum absolute atomic E-state index is 0.0571. The lowest BCUT2D eigenvalue weighted by atomic mass is 9.91. The average Bonchev–Trinajstić information content (AvgIpc) is 2.35. The first-order valence-electron chi connectivity index (χ1n) is 6.41. The van der Waals surface area contributed by atoms with Gasteiger partial charge in [0.05, 0.1) is 23.3 Å². The van der Waals surface area contributed by atoms with E-state index in [-0.39, 0.29) is 12.5 Å². The fourth-order valence-corrected chi connectivity index (χ4v) is 2.81. The van der Waals surface area contributed by atoms with Crippen LogP contribution in [0.4, 0.5) is 4.39 Å². The standard InChI is InChI=1S/C14H18Cl2FNO/c1-14(17,8-11-9-19-6-5-18-11)7-10-3-2-4-12(15)13(10)16/h2-4,11,18H,5-9H2,1H3. The van der Waals surface area contributed by atoms with E-state index in [1.165, 1.54) is 0 Å². The molecule has 1 N–H and O–H groups in total. The maximum absolute atomic E-state index is 14.7. The summed E-state index contributed by atoms with van der Waals surface area (Å²) in [4.78, 5) is 0. The van der Waals surface area contributed by atoms with Crippen LogP contribution < -0.4 is 5.32 Å². The van der Waals surface area contributed by atoms with Gasteiger partial charge >= 0.3 is 0 Å². The largest absolute Gasteiger partial charge is 0.379 e. The summed E-state index contributed by atoms with van der Waals surface area (Å²) in [6.07, 6.45) is 0.653. The van der Waals surface area contributed by atoms with E-state index in [1.54, 1.807) is 19.1 Å². The Labute approximate surface area is 123 Å². The zero-order valence-electron chi connectivity index (χ0n) is 10.9. The third-order valence-corrected chi connectivity index (χ3v) is 4.12. The van der Waals surface area contributed by atoms with E-state index in [0.717, 1.165) is 12.1 Å². The number of halogens is 3. The number of nitrogens with one attached hydrogen (secondary N) is 1. The minimum atomic E-state index is -1.34. The summed E-state index contributed by atoms with van der Waals surface area (Å²) < 4.78 is 20.0. The van der Waals surface area contributed by atoms with Crippen molar-refractivity contribution in [2.75, 3.05) is 19.8 Å². The van der Waals surface area contributed by atoms with Crippen LogP contribution in [-0.4, -0.2) is 31.5 Å². The lowest BCUT2D eigenvalue weighted by Gasteiger charge is -2.30. The maximum Gasteiger partial charge on any atom is 0.113 e. The molecule has 1 saturated heterocycles. The first kappa shape index (κ1) is 15.0. The number of hydrogen-bond donors (Lipinski definition) is 1. The summed E-state index contributed by atoms with van der Waals surface area (Å²) in [5, 5.41) is 4.17. The van der Waals surface area contributed by atoms with E-state index in [9.17, 15) is 4.39 Å². The van der Waals surface area contributed by atoms with Gasteiger partial charge in [0.1, 0.15) is 5.67 Å². The van der Waals surface area contributed by atoms with Crippen molar-refractivity contribution in [3.8, 4) is 0 Å². The van der Waals surface area contributed by atoms with Crippen molar-refractivity contribution in [3.05, 3.63) is 33.8 Å². The summed E-state index contributed by atoms with van der Waals surface area (Å²) in [7, 11) is 0. The molecule has 1 aliphatic rings. The summed E-state index contributed by atoms with van der Waals surface area (Å²) in [5.74, 6) is 0. The molecule has 1 aromatic rings. The summed E-state index contributed by atoms with van der Waals surface area (Å²) in [6, 6.07) is 5.37. The van der Waals surface area contributed by atoms with Crippen molar-refractivity contribution >= 4 is 23.2 Å². The zero-order chi connectivity index (χ0) is 13.9. The number of benzene rings is 1. The molecule has 0 amide bonds. The highest BCUT2D eigenvalue weighted by molar-refractivity contribution is 6.42. The van der Waals surface area contributed by atoms with Crippen molar-refractivity contribution in [1.82, 2.24) is 5.32 Å². The fourth-order valence-electron chi connectivity index (χ4n) is 2.42. The lowest BCUT2D eigenvalue weighted by molar-refractivity contribution is 0.0483. The van der Waals surface area contributed by atoms with Crippen molar-refractivity contribution in [3.63, 3.8) is 0 Å². The molecule has 0 saturated carbocycles. The lowest BCUT2D eigenvalue weighted by Crippen LogP contribution is -2.45. The molecule has 19 heavy (non-hydrogen) atoms. The first-order valence-corrected chi connectivity index (χ1v) is 7.16. The number of hydrogen-bond acceptors (Lipinski definition) is 2. The SMILES string of the molecule is CC(F)(Cc1cccc(Cl)c1Cl)CC1COCCN1. The quantitative estimate of drug-likeness (QED) is 0.917. The van der Waals surface area contributed by atoms with E-state index in [0.29, 0.717) is 29.7 Å². The van der Waals surface area contributed by atoms with Crippen molar-refractivity contribution in [2.24, 2.45) is 0 Å². The van der Waals surface area contributed by atoms with Gasteiger partial charge in [0.2, 0.25) is 0 Å². The van der Waals surface area contributed by atoms with Gasteiger partial charge in [0.25, 0.3) is 0 Å². The van der Waals surface area contributed by atoms with Gasteiger partial charge in [-0.2, -0.15) is 0 Å². The van der Waals surface area contributed by atoms with Crippen LogP contribution in [0.3, 0.4) is 0 Å². The molecule has 1 aliphatic heterocycles. The Kier molecular flexibility index (Phi) is 5.07. The summed E-state index contributed by atoms with van der Waals surface area (Å²) in [5.41, 5.74) is -0.594. The zero-order valence-corrected chi connectivity index (χ0v) is 12.4. The third kappa shape index (κ3) is 4.32. The Bertz CT molecular complexity index is 433. The van der Waals surface area contributed by atoms with Gasteiger partial charge in [-0.05, 0) is 25.0 Å². The van der Waals surface area contributed by atoms with Crippen LogP contribution in [0, 0.1) is 0 Å². The molecule has 5 heteroatoms. The van der Waals surface area contributed by atoms with E-state index >= 15 is 0 Å². The monoisotopic (exact) mass is 305 g/mol. The topological polar surface area (TPSA) is 21.3 Å². The number of morpholine rings is 1. The summed E-state index contributed by atoms with van der Waals surface area (Å²) in [6.45, 7) is 3.63. The molecule has 2 rings (SSSR count). The molecule has 0 spiro atoms. The summed E-state index contributed by atoms with van der Waals surface area (Å²) >= 11 is 12.1. The highest BCUT2D eigenvalue weighted by Crippen LogP contribution is 2.31. The van der Waals surface area contributed by atoms with E-state index in [2.05, 4.69) is 5.32 Å². The first-order chi connectivity index (χ1) is 8.98. The molecule has 1 fully saturated rings. The molecule has 2 nitrogen and oxygen atoms in total. The molecule has 1 heterocycles. The van der Waals surface area contributed by atoms with Crippen LogP contribution >= 0.6 is 23.2 Å². The van der Waals surface area contributed by atoms with Crippen molar-refractivity contribution < 1.29 is 9.13 Å². The Morgan fingerprint density at radius 3 is 2.95 bits per heavy atom. The fraction of sp³-hybridized carbons (Fsp3) is 0.571. The van der Waals surface area contributed by atoms with Gasteiger partial charge in [0.15, 0.2) is 0 Å². The van der Waals surface area contributed by atoms with Gasteiger partial charge in [-0.25, -0.2) is 4.39 Å². The third-order valence-electron chi connectivity index (χ3n) is 3.26. The van der Waals surface area contributed by atoms with Crippen molar-refractivity contribution in [2.45, 2.75) is 31.5 Å². The Morgan fingerprint density at radius 1 is 1.47 bits per heavy atom. The Morgan fingerprint density at radius 2 is 2.26 bits per heavy atom. The smallest absolute Gasteiger partial charge is 0.113 e.